The molecule has 1 N–H and O–H groups in total. The van der Waals surface area contributed by atoms with Crippen molar-refractivity contribution in [2.24, 2.45) is 0 Å². The summed E-state index contributed by atoms with van der Waals surface area (Å²) in [7, 11) is 0. The number of rotatable bonds is 4. The van der Waals surface area contributed by atoms with Crippen LogP contribution in [0.15, 0.2) is 60.3 Å². The zero-order valence-corrected chi connectivity index (χ0v) is 12.1. The minimum absolute atomic E-state index is 0.0156. The summed E-state index contributed by atoms with van der Waals surface area (Å²) in [6, 6.07) is 15.4. The van der Waals surface area contributed by atoms with E-state index < -0.39 is 0 Å². The lowest BCUT2D eigenvalue weighted by Crippen LogP contribution is -2.03. The average Bonchev–Trinajstić information content (AvgIpc) is 2.44. The maximum Gasteiger partial charge on any atom is 0.187 e. The number of allylic oxidation sites excluding steroid dienone is 2. The van der Waals surface area contributed by atoms with E-state index in [1.165, 1.54) is 11.1 Å². The van der Waals surface area contributed by atoms with Gasteiger partial charge in [0.25, 0.3) is 0 Å². The van der Waals surface area contributed by atoms with Gasteiger partial charge >= 0.3 is 0 Å². The number of ketones is 1. The van der Waals surface area contributed by atoms with Gasteiger partial charge in [0.2, 0.25) is 0 Å². The number of aryl methyl sites for hydroxylation is 2. The largest absolute Gasteiger partial charge is 0.359 e. The van der Waals surface area contributed by atoms with Crippen LogP contribution < -0.4 is 5.32 Å². The van der Waals surface area contributed by atoms with E-state index in [4.69, 9.17) is 0 Å². The lowest BCUT2D eigenvalue weighted by molar-refractivity contribution is 0.104. The Labute approximate surface area is 120 Å². The Balaban J connectivity index is 2.18. The molecule has 0 atom stereocenters. The van der Waals surface area contributed by atoms with Gasteiger partial charge in [-0.25, -0.2) is 0 Å². The fourth-order valence-electron chi connectivity index (χ4n) is 2.13. The van der Waals surface area contributed by atoms with Crippen LogP contribution in [0.5, 0.6) is 0 Å². The highest BCUT2D eigenvalue weighted by Crippen LogP contribution is 2.21. The molecule has 0 unspecified atom stereocenters. The molecule has 0 aliphatic carbocycles. The van der Waals surface area contributed by atoms with Crippen molar-refractivity contribution in [1.82, 2.24) is 0 Å². The van der Waals surface area contributed by atoms with Crippen LogP contribution in [-0.2, 0) is 0 Å². The van der Waals surface area contributed by atoms with E-state index in [1.54, 1.807) is 6.08 Å². The van der Waals surface area contributed by atoms with E-state index in [-0.39, 0.29) is 5.78 Å². The predicted octanol–water partition coefficient (Wildman–Crippen LogP) is 4.50. The Morgan fingerprint density at radius 1 is 0.950 bits per heavy atom. The van der Waals surface area contributed by atoms with Gasteiger partial charge in [-0.1, -0.05) is 48.5 Å². The second-order valence-corrected chi connectivity index (χ2v) is 4.95. The summed E-state index contributed by atoms with van der Waals surface area (Å²) in [5.74, 6) is 0.0156. The molecule has 102 valence electrons. The zero-order chi connectivity index (χ0) is 14.5. The third kappa shape index (κ3) is 3.35. The van der Waals surface area contributed by atoms with Gasteiger partial charge in [0.1, 0.15) is 0 Å². The second kappa shape index (κ2) is 6.20. The van der Waals surface area contributed by atoms with Crippen molar-refractivity contribution < 1.29 is 4.79 Å². The monoisotopic (exact) mass is 265 g/mol. The van der Waals surface area contributed by atoms with Gasteiger partial charge in [0, 0.05) is 23.0 Å². The van der Waals surface area contributed by atoms with Gasteiger partial charge in [-0.3, -0.25) is 4.79 Å². The molecule has 0 amide bonds. The van der Waals surface area contributed by atoms with Gasteiger partial charge in [-0.2, -0.15) is 0 Å². The summed E-state index contributed by atoms with van der Waals surface area (Å²) >= 11 is 0. The van der Waals surface area contributed by atoms with Crippen LogP contribution in [0, 0.1) is 13.8 Å². The van der Waals surface area contributed by atoms with Crippen LogP contribution in [0.1, 0.15) is 28.4 Å². The number of para-hydroxylation sites is 1. The number of hydrogen-bond acceptors (Lipinski definition) is 2. The molecule has 2 rings (SSSR count). The van der Waals surface area contributed by atoms with Crippen LogP contribution in [0.3, 0.4) is 0 Å². The van der Waals surface area contributed by atoms with E-state index in [1.807, 2.05) is 43.3 Å². The van der Waals surface area contributed by atoms with Crippen molar-refractivity contribution in [2.75, 3.05) is 5.32 Å². The minimum atomic E-state index is 0.0156. The Kier molecular flexibility index (Phi) is 4.36. The standard InChI is InChI=1S/C18H19NO/c1-13-8-7-9-14(2)18(13)19-15(3)12-17(20)16-10-5-4-6-11-16/h4-12,19H,1-3H3/b15-12+. The van der Waals surface area contributed by atoms with Crippen LogP contribution >= 0.6 is 0 Å². The molecule has 2 heteroatoms. The first kappa shape index (κ1) is 14.1. The summed E-state index contributed by atoms with van der Waals surface area (Å²) in [5.41, 5.74) is 4.96. The van der Waals surface area contributed by atoms with Crippen molar-refractivity contribution in [3.63, 3.8) is 0 Å². The highest BCUT2D eigenvalue weighted by atomic mass is 16.1. The van der Waals surface area contributed by atoms with E-state index in [9.17, 15) is 4.79 Å². The third-order valence-electron chi connectivity index (χ3n) is 3.21. The van der Waals surface area contributed by atoms with E-state index in [0.29, 0.717) is 5.56 Å². The Morgan fingerprint density at radius 3 is 2.15 bits per heavy atom. The minimum Gasteiger partial charge on any atom is -0.359 e. The van der Waals surface area contributed by atoms with Crippen molar-refractivity contribution in [3.05, 3.63) is 77.0 Å². The number of carbonyl (C=O) groups is 1. The number of carbonyl (C=O) groups excluding carboxylic acids is 1. The van der Waals surface area contributed by atoms with Gasteiger partial charge in [0.15, 0.2) is 5.78 Å². The van der Waals surface area contributed by atoms with Crippen molar-refractivity contribution in [2.45, 2.75) is 20.8 Å². The summed E-state index contributed by atoms with van der Waals surface area (Å²) in [4.78, 5) is 12.1. The second-order valence-electron chi connectivity index (χ2n) is 4.95. The quantitative estimate of drug-likeness (QED) is 0.651. The van der Waals surface area contributed by atoms with Crippen molar-refractivity contribution in [3.8, 4) is 0 Å². The number of nitrogens with one attached hydrogen (secondary N) is 1. The molecule has 0 bridgehead atoms. The van der Waals surface area contributed by atoms with E-state index >= 15 is 0 Å². The maximum atomic E-state index is 12.1. The van der Waals surface area contributed by atoms with Gasteiger partial charge in [-0.05, 0) is 31.9 Å². The highest BCUT2D eigenvalue weighted by Gasteiger charge is 2.05. The smallest absolute Gasteiger partial charge is 0.187 e. The maximum absolute atomic E-state index is 12.1. The summed E-state index contributed by atoms with van der Waals surface area (Å²) in [6.07, 6.45) is 1.64. The molecular formula is C18H19NO. The first-order valence-electron chi connectivity index (χ1n) is 6.69. The van der Waals surface area contributed by atoms with E-state index in [0.717, 1.165) is 11.4 Å². The lowest BCUT2D eigenvalue weighted by atomic mass is 10.1. The van der Waals surface area contributed by atoms with Crippen LogP contribution in [0.2, 0.25) is 0 Å². The number of benzene rings is 2. The number of anilines is 1. The lowest BCUT2D eigenvalue weighted by Gasteiger charge is -2.12. The first-order valence-corrected chi connectivity index (χ1v) is 6.69. The van der Waals surface area contributed by atoms with Gasteiger partial charge in [0.05, 0.1) is 0 Å². The van der Waals surface area contributed by atoms with Crippen LogP contribution in [-0.4, -0.2) is 5.78 Å². The molecule has 0 radical (unpaired) electrons. The Morgan fingerprint density at radius 2 is 1.55 bits per heavy atom. The van der Waals surface area contributed by atoms with Crippen LogP contribution in [0.25, 0.3) is 0 Å². The normalized spacial score (nSPS) is 11.2. The topological polar surface area (TPSA) is 29.1 Å². The van der Waals surface area contributed by atoms with Gasteiger partial charge < -0.3 is 5.32 Å². The SMILES string of the molecule is C/C(=C\C(=O)c1ccccc1)Nc1c(C)cccc1C. The molecule has 2 aromatic rings. The summed E-state index contributed by atoms with van der Waals surface area (Å²) in [6.45, 7) is 6.02. The number of hydrogen-bond donors (Lipinski definition) is 1. The summed E-state index contributed by atoms with van der Waals surface area (Å²) in [5, 5.41) is 3.32. The molecule has 0 aliphatic heterocycles. The van der Waals surface area contributed by atoms with E-state index in [2.05, 4.69) is 31.3 Å². The van der Waals surface area contributed by atoms with Gasteiger partial charge in [-0.15, -0.1) is 0 Å². The molecule has 0 aromatic heterocycles. The molecule has 0 saturated heterocycles. The predicted molar refractivity (Wildman–Crippen MR) is 84.1 cm³/mol. The molecule has 0 saturated carbocycles. The molecule has 2 aromatic carbocycles. The molecule has 0 spiro atoms. The third-order valence-corrected chi connectivity index (χ3v) is 3.21. The zero-order valence-electron chi connectivity index (χ0n) is 12.1. The molecule has 0 heterocycles. The molecular weight excluding hydrogens is 246 g/mol. The van der Waals surface area contributed by atoms with Crippen molar-refractivity contribution >= 4 is 11.5 Å². The fraction of sp³-hybridized carbons (Fsp3) is 0.167. The average molecular weight is 265 g/mol. The Bertz CT molecular complexity index is 621. The first-order chi connectivity index (χ1) is 9.58. The molecule has 0 fully saturated rings. The summed E-state index contributed by atoms with van der Waals surface area (Å²) < 4.78 is 0. The fourth-order valence-corrected chi connectivity index (χ4v) is 2.13. The molecule has 20 heavy (non-hydrogen) atoms. The molecule has 2 nitrogen and oxygen atoms in total. The molecule has 0 aliphatic rings. The Hall–Kier alpha value is -2.35. The van der Waals surface area contributed by atoms with Crippen LogP contribution in [0.4, 0.5) is 5.69 Å². The van der Waals surface area contributed by atoms with Crippen molar-refractivity contribution in [1.29, 1.82) is 0 Å². The highest BCUT2D eigenvalue weighted by molar-refractivity contribution is 6.05.